The topological polar surface area (TPSA) is 91.4 Å². The third-order valence-corrected chi connectivity index (χ3v) is 2.36. The molecule has 1 N–H and O–H groups in total. The van der Waals surface area contributed by atoms with Crippen molar-refractivity contribution < 1.29 is 4.52 Å². The summed E-state index contributed by atoms with van der Waals surface area (Å²) in [4.78, 5) is 11.2. The Morgan fingerprint density at radius 3 is 2.89 bits per heavy atom. The summed E-state index contributed by atoms with van der Waals surface area (Å²) in [6.45, 7) is 0. The van der Waals surface area contributed by atoms with Crippen molar-refractivity contribution in [2.45, 2.75) is 0 Å². The number of nitrogens with one attached hydrogen (secondary N) is 1. The van der Waals surface area contributed by atoms with E-state index in [1.54, 1.807) is 24.4 Å². The highest BCUT2D eigenvalue weighted by molar-refractivity contribution is 5.55. The molecule has 0 aromatic carbocycles. The quantitative estimate of drug-likeness (QED) is 0.735. The second-order valence-corrected chi connectivity index (χ2v) is 3.54. The molecule has 0 saturated carbocycles. The van der Waals surface area contributed by atoms with Gasteiger partial charge in [-0.1, -0.05) is 11.2 Å². The number of hydrogen-bond acceptors (Lipinski definition) is 5. The van der Waals surface area contributed by atoms with E-state index in [9.17, 15) is 0 Å². The monoisotopic (exact) mass is 237 g/mol. The van der Waals surface area contributed by atoms with Gasteiger partial charge >= 0.3 is 0 Å². The maximum atomic E-state index is 8.72. The lowest BCUT2D eigenvalue weighted by Crippen LogP contribution is -1.84. The van der Waals surface area contributed by atoms with Gasteiger partial charge in [-0.05, 0) is 24.3 Å². The van der Waals surface area contributed by atoms with Crippen molar-refractivity contribution in [3.05, 3.63) is 42.2 Å². The van der Waals surface area contributed by atoms with E-state index in [2.05, 4.69) is 20.1 Å². The summed E-state index contributed by atoms with van der Waals surface area (Å²) in [6.07, 6.45) is 1.66. The number of pyridine rings is 1. The van der Waals surface area contributed by atoms with Gasteiger partial charge in [0.15, 0.2) is 0 Å². The van der Waals surface area contributed by atoms with Gasteiger partial charge < -0.3 is 9.51 Å². The van der Waals surface area contributed by atoms with Crippen LogP contribution in [0.1, 0.15) is 5.69 Å². The zero-order chi connectivity index (χ0) is 12.4. The SMILES string of the molecule is N#Cc1ccc(-c2nc(-c3ccccn3)no2)[nH]1. The van der Waals surface area contributed by atoms with Crippen LogP contribution in [-0.4, -0.2) is 20.1 Å². The zero-order valence-electron chi connectivity index (χ0n) is 9.16. The number of hydrogen-bond donors (Lipinski definition) is 1. The Kier molecular flexibility index (Phi) is 2.35. The van der Waals surface area contributed by atoms with Crippen molar-refractivity contribution in [1.82, 2.24) is 20.1 Å². The first-order valence-corrected chi connectivity index (χ1v) is 5.21. The lowest BCUT2D eigenvalue weighted by Gasteiger charge is -1.89. The smallest absolute Gasteiger partial charge is 0.274 e. The minimum atomic E-state index is 0.331. The maximum Gasteiger partial charge on any atom is 0.274 e. The van der Waals surface area contributed by atoms with E-state index >= 15 is 0 Å². The van der Waals surface area contributed by atoms with Crippen LogP contribution in [0.4, 0.5) is 0 Å². The molecule has 6 nitrogen and oxygen atoms in total. The minimum Gasteiger partial charge on any atom is -0.342 e. The number of rotatable bonds is 2. The molecule has 0 fully saturated rings. The van der Waals surface area contributed by atoms with Crippen LogP contribution in [0.2, 0.25) is 0 Å². The van der Waals surface area contributed by atoms with E-state index in [0.717, 1.165) is 0 Å². The van der Waals surface area contributed by atoms with Gasteiger partial charge in [0.2, 0.25) is 5.82 Å². The van der Waals surface area contributed by atoms with Crippen molar-refractivity contribution >= 4 is 0 Å². The summed E-state index contributed by atoms with van der Waals surface area (Å²) in [7, 11) is 0. The molecule has 0 aliphatic heterocycles. The van der Waals surface area contributed by atoms with Crippen LogP contribution < -0.4 is 0 Å². The number of nitriles is 1. The molecule has 0 aliphatic carbocycles. The normalized spacial score (nSPS) is 10.2. The van der Waals surface area contributed by atoms with Gasteiger partial charge in [-0.15, -0.1) is 0 Å². The van der Waals surface area contributed by atoms with Gasteiger partial charge in [-0.2, -0.15) is 10.2 Å². The minimum absolute atomic E-state index is 0.331. The van der Waals surface area contributed by atoms with E-state index in [1.807, 2.05) is 18.2 Å². The second kappa shape index (κ2) is 4.14. The summed E-state index contributed by atoms with van der Waals surface area (Å²) in [5.41, 5.74) is 1.70. The van der Waals surface area contributed by atoms with Gasteiger partial charge in [-0.25, -0.2) is 0 Å². The molecule has 0 saturated heterocycles. The summed E-state index contributed by atoms with van der Waals surface area (Å²) in [5.74, 6) is 0.746. The maximum absolute atomic E-state index is 8.72. The molecule has 0 bridgehead atoms. The van der Waals surface area contributed by atoms with Gasteiger partial charge in [0.25, 0.3) is 5.89 Å². The molecule has 3 aromatic heterocycles. The molecule has 18 heavy (non-hydrogen) atoms. The number of H-pyrrole nitrogens is 1. The van der Waals surface area contributed by atoms with Crippen molar-refractivity contribution in [3.63, 3.8) is 0 Å². The zero-order valence-corrected chi connectivity index (χ0v) is 9.16. The highest BCUT2D eigenvalue weighted by Crippen LogP contribution is 2.19. The molecule has 86 valence electrons. The molecular weight excluding hydrogens is 230 g/mol. The predicted molar refractivity (Wildman–Crippen MR) is 62.0 cm³/mol. The van der Waals surface area contributed by atoms with Crippen LogP contribution in [0, 0.1) is 11.3 Å². The Hall–Kier alpha value is -2.94. The Bertz CT molecular complexity index is 707. The molecule has 3 rings (SSSR count). The summed E-state index contributed by atoms with van der Waals surface area (Å²) < 4.78 is 5.12. The number of nitrogens with zero attached hydrogens (tertiary/aromatic N) is 4. The third kappa shape index (κ3) is 1.74. The van der Waals surface area contributed by atoms with Crippen LogP contribution in [0.15, 0.2) is 41.1 Å². The molecule has 0 radical (unpaired) electrons. The fourth-order valence-electron chi connectivity index (χ4n) is 1.52. The standard InChI is InChI=1S/C12H7N5O/c13-7-8-4-5-10(15-8)12-16-11(17-18-12)9-3-1-2-6-14-9/h1-6,15H. The molecule has 0 unspecified atom stereocenters. The summed E-state index contributed by atoms with van der Waals surface area (Å²) >= 11 is 0. The van der Waals surface area contributed by atoms with Crippen LogP contribution in [0.5, 0.6) is 0 Å². The van der Waals surface area contributed by atoms with Crippen LogP contribution >= 0.6 is 0 Å². The highest BCUT2D eigenvalue weighted by Gasteiger charge is 2.12. The van der Waals surface area contributed by atoms with E-state index < -0.39 is 0 Å². The lowest BCUT2D eigenvalue weighted by atomic mass is 10.3. The van der Waals surface area contributed by atoms with E-state index in [1.165, 1.54) is 0 Å². The fraction of sp³-hybridized carbons (Fsp3) is 0. The Labute approximate surface area is 102 Å². The first-order valence-electron chi connectivity index (χ1n) is 5.21. The Morgan fingerprint density at radius 1 is 1.22 bits per heavy atom. The van der Waals surface area contributed by atoms with E-state index in [4.69, 9.17) is 9.78 Å². The molecular formula is C12H7N5O. The van der Waals surface area contributed by atoms with Gasteiger partial charge in [-0.3, -0.25) is 4.98 Å². The number of aromatic nitrogens is 4. The molecule has 0 atom stereocenters. The molecule has 3 aromatic rings. The largest absolute Gasteiger partial charge is 0.342 e. The van der Waals surface area contributed by atoms with Crippen molar-refractivity contribution in [1.29, 1.82) is 5.26 Å². The second-order valence-electron chi connectivity index (χ2n) is 3.54. The summed E-state index contributed by atoms with van der Waals surface area (Å²) in [6, 6.07) is 10.8. The molecule has 0 spiro atoms. The van der Waals surface area contributed by atoms with Crippen LogP contribution in [0.25, 0.3) is 23.1 Å². The van der Waals surface area contributed by atoms with Crippen LogP contribution in [-0.2, 0) is 0 Å². The molecule has 0 amide bonds. The van der Waals surface area contributed by atoms with Crippen molar-refractivity contribution in [2.75, 3.05) is 0 Å². The van der Waals surface area contributed by atoms with Crippen LogP contribution in [0.3, 0.4) is 0 Å². The Balaban J connectivity index is 1.97. The molecule has 0 aliphatic rings. The average molecular weight is 237 g/mol. The predicted octanol–water partition coefficient (Wildman–Crippen LogP) is 2.00. The lowest BCUT2D eigenvalue weighted by molar-refractivity contribution is 0.431. The van der Waals surface area contributed by atoms with Gasteiger partial charge in [0, 0.05) is 6.20 Å². The fourth-order valence-corrected chi connectivity index (χ4v) is 1.52. The van der Waals surface area contributed by atoms with Crippen molar-refractivity contribution in [2.24, 2.45) is 0 Å². The first-order chi connectivity index (χ1) is 8.86. The highest BCUT2D eigenvalue weighted by atomic mass is 16.5. The van der Waals surface area contributed by atoms with E-state index in [-0.39, 0.29) is 0 Å². The molecule has 6 heteroatoms. The first kappa shape index (κ1) is 10.2. The van der Waals surface area contributed by atoms with Gasteiger partial charge in [0.1, 0.15) is 23.2 Å². The average Bonchev–Trinajstić information content (AvgIpc) is 3.08. The molecule has 3 heterocycles. The Morgan fingerprint density at radius 2 is 2.17 bits per heavy atom. The third-order valence-electron chi connectivity index (χ3n) is 2.36. The van der Waals surface area contributed by atoms with E-state index in [0.29, 0.717) is 28.8 Å². The van der Waals surface area contributed by atoms with Gasteiger partial charge in [0.05, 0.1) is 0 Å². The summed E-state index contributed by atoms with van der Waals surface area (Å²) in [5, 5.41) is 12.6. The van der Waals surface area contributed by atoms with Crippen molar-refractivity contribution in [3.8, 4) is 29.2 Å². The number of aromatic amines is 1.